The topological polar surface area (TPSA) is 110 Å². The monoisotopic (exact) mass is 509 g/mol. The van der Waals surface area contributed by atoms with E-state index in [1.165, 1.54) is 16.3 Å². The molecular formula is C27H20LiNO7S. The second kappa shape index (κ2) is 10.2. The van der Waals surface area contributed by atoms with Crippen LogP contribution in [0.4, 0.5) is 0 Å². The normalized spacial score (nSPS) is 15.3. The van der Waals surface area contributed by atoms with Crippen LogP contribution in [-0.4, -0.2) is 28.2 Å². The average molecular weight is 509 g/mol. The van der Waals surface area contributed by atoms with Gasteiger partial charge in [-0.3, -0.25) is 9.36 Å². The molecule has 3 aromatic carbocycles. The molecule has 0 aliphatic carbocycles. The summed E-state index contributed by atoms with van der Waals surface area (Å²) in [6.45, 7) is -0.478. The Hall–Kier alpha value is -3.35. The molecule has 182 valence electrons. The van der Waals surface area contributed by atoms with E-state index in [2.05, 4.69) is 0 Å². The molecule has 0 fully saturated rings. The van der Waals surface area contributed by atoms with Gasteiger partial charge in [0.25, 0.3) is 5.56 Å². The minimum atomic E-state index is -1.34. The van der Waals surface area contributed by atoms with Crippen molar-refractivity contribution in [2.24, 2.45) is 0 Å². The number of carboxylic acids is 1. The smallest absolute Gasteiger partial charge is 0.548 e. The van der Waals surface area contributed by atoms with Crippen molar-refractivity contribution in [1.82, 2.24) is 4.57 Å². The Morgan fingerprint density at radius 1 is 1.08 bits per heavy atom. The summed E-state index contributed by atoms with van der Waals surface area (Å²) in [5.74, 6) is 0.578. The molecule has 1 atom stereocenters. The van der Waals surface area contributed by atoms with Gasteiger partial charge in [-0.1, -0.05) is 42.5 Å². The third-order valence-corrected chi connectivity index (χ3v) is 7.64. The van der Waals surface area contributed by atoms with Crippen LogP contribution in [-0.2, 0) is 18.0 Å². The van der Waals surface area contributed by atoms with E-state index in [0.29, 0.717) is 39.0 Å². The number of benzene rings is 3. The second-order valence-corrected chi connectivity index (χ2v) is 9.46. The zero-order valence-corrected chi connectivity index (χ0v) is 20.7. The molecule has 6 rings (SSSR count). The van der Waals surface area contributed by atoms with Crippen molar-refractivity contribution in [3.8, 4) is 28.4 Å². The number of ether oxygens (including phenoxy) is 3. The molecule has 8 nitrogen and oxygen atoms in total. The largest absolute Gasteiger partial charge is 1.00 e. The third-order valence-electron chi connectivity index (χ3n) is 6.48. The molecule has 2 aliphatic heterocycles. The first-order chi connectivity index (χ1) is 17.6. The molecule has 0 unspecified atom stereocenters. The molecule has 3 heterocycles. The molecule has 0 radical (unpaired) electrons. The first-order valence-electron chi connectivity index (χ1n) is 11.3. The number of aliphatic hydroxyl groups is 1. The zero-order chi connectivity index (χ0) is 24.8. The number of pyridine rings is 1. The molecule has 0 saturated carbocycles. The van der Waals surface area contributed by atoms with Gasteiger partial charge in [0.05, 0.1) is 29.2 Å². The zero-order valence-electron chi connectivity index (χ0n) is 19.9. The maximum atomic E-state index is 13.4. The number of carboxylic acid groups (broad SMARTS) is 1. The first-order valence-corrected chi connectivity index (χ1v) is 12.3. The van der Waals surface area contributed by atoms with E-state index in [-0.39, 0.29) is 43.6 Å². The number of aliphatic carboxylic acids is 1. The fourth-order valence-corrected chi connectivity index (χ4v) is 6.08. The van der Waals surface area contributed by atoms with Gasteiger partial charge in [-0.25, -0.2) is 0 Å². The standard InChI is InChI=1S/C27H21NO7S.Li/c29-11-18-19(12-33-21-7-3-5-15-4-1-2-6-17(15)21)24(16-8-9-22-23(10-16)35-14-34-22)26-28(25(18)30)20(13-36-26)27(31)32;/h1-10,20,29H,11-14H2,(H,31,32);/q;+1/p-1/t20-;/m0./s1. The molecule has 37 heavy (non-hydrogen) atoms. The fraction of sp³-hybridized carbons (Fsp3) is 0.185. The molecule has 1 aromatic heterocycles. The van der Waals surface area contributed by atoms with Crippen LogP contribution in [0.1, 0.15) is 17.2 Å². The summed E-state index contributed by atoms with van der Waals surface area (Å²) in [4.78, 5) is 25.2. The van der Waals surface area contributed by atoms with E-state index in [9.17, 15) is 19.8 Å². The van der Waals surface area contributed by atoms with Crippen molar-refractivity contribution in [2.75, 3.05) is 12.5 Å². The Balaban J connectivity index is 0.00000280. The number of carbonyl (C=O) groups is 1. The van der Waals surface area contributed by atoms with Crippen LogP contribution in [0.2, 0.25) is 0 Å². The van der Waals surface area contributed by atoms with Gasteiger partial charge in [0, 0.05) is 22.3 Å². The second-order valence-electron chi connectivity index (χ2n) is 8.45. The number of aromatic nitrogens is 1. The van der Waals surface area contributed by atoms with E-state index in [4.69, 9.17) is 14.2 Å². The van der Waals surface area contributed by atoms with E-state index in [1.54, 1.807) is 12.1 Å². The predicted octanol–water partition coefficient (Wildman–Crippen LogP) is -0.131. The number of nitrogens with zero attached hydrogens (tertiary/aromatic N) is 1. The van der Waals surface area contributed by atoms with Crippen LogP contribution in [0.3, 0.4) is 0 Å². The summed E-state index contributed by atoms with van der Waals surface area (Å²) in [5, 5.41) is 24.5. The van der Waals surface area contributed by atoms with E-state index < -0.39 is 24.2 Å². The molecule has 0 amide bonds. The Bertz CT molecular complexity index is 1580. The van der Waals surface area contributed by atoms with Crippen molar-refractivity contribution in [1.29, 1.82) is 0 Å². The van der Waals surface area contributed by atoms with Crippen molar-refractivity contribution in [3.63, 3.8) is 0 Å². The Kier molecular flexibility index (Phi) is 6.97. The predicted molar refractivity (Wildman–Crippen MR) is 131 cm³/mol. The van der Waals surface area contributed by atoms with E-state index in [0.717, 1.165) is 10.8 Å². The Morgan fingerprint density at radius 2 is 1.86 bits per heavy atom. The summed E-state index contributed by atoms with van der Waals surface area (Å²) >= 11 is 1.26. The molecule has 2 aliphatic rings. The van der Waals surface area contributed by atoms with Crippen LogP contribution >= 0.6 is 11.8 Å². The first kappa shape index (κ1) is 25.3. The Morgan fingerprint density at radius 3 is 2.68 bits per heavy atom. The number of rotatable bonds is 6. The maximum absolute atomic E-state index is 13.4. The minimum absolute atomic E-state index is 0. The van der Waals surface area contributed by atoms with Gasteiger partial charge in [0.2, 0.25) is 6.79 Å². The summed E-state index contributed by atoms with van der Waals surface area (Å²) in [5.41, 5.74) is 1.33. The number of fused-ring (bicyclic) bond motifs is 3. The van der Waals surface area contributed by atoms with Gasteiger partial charge in [0.15, 0.2) is 11.5 Å². The van der Waals surface area contributed by atoms with Crippen molar-refractivity contribution >= 4 is 28.5 Å². The van der Waals surface area contributed by atoms with Crippen LogP contribution in [0, 0.1) is 0 Å². The van der Waals surface area contributed by atoms with Gasteiger partial charge in [0.1, 0.15) is 12.4 Å². The van der Waals surface area contributed by atoms with Crippen LogP contribution in [0.15, 0.2) is 70.5 Å². The molecule has 10 heteroatoms. The summed E-state index contributed by atoms with van der Waals surface area (Å²) in [7, 11) is 0. The van der Waals surface area contributed by atoms with Crippen molar-refractivity contribution in [2.45, 2.75) is 24.3 Å². The van der Waals surface area contributed by atoms with Crippen molar-refractivity contribution in [3.05, 3.63) is 82.1 Å². The summed E-state index contributed by atoms with van der Waals surface area (Å²) in [6, 6.07) is 17.8. The molecule has 0 saturated heterocycles. The molecular weight excluding hydrogens is 489 g/mol. The van der Waals surface area contributed by atoms with E-state index in [1.807, 2.05) is 48.5 Å². The molecule has 1 N–H and O–H groups in total. The number of hydrogen-bond donors (Lipinski definition) is 1. The molecule has 0 spiro atoms. The van der Waals surface area contributed by atoms with Crippen LogP contribution < -0.4 is 43.7 Å². The van der Waals surface area contributed by atoms with Gasteiger partial charge >= 0.3 is 18.9 Å². The minimum Gasteiger partial charge on any atom is -0.548 e. The fourth-order valence-electron chi connectivity index (χ4n) is 4.74. The maximum Gasteiger partial charge on any atom is 1.00 e. The molecule has 4 aromatic rings. The average Bonchev–Trinajstić information content (AvgIpc) is 3.55. The van der Waals surface area contributed by atoms with Gasteiger partial charge in [-0.05, 0) is 29.1 Å². The van der Waals surface area contributed by atoms with Gasteiger partial charge in [-0.15, -0.1) is 11.8 Å². The number of carbonyl (C=O) groups excluding carboxylic acids is 1. The quantitative estimate of drug-likeness (QED) is 0.358. The number of thioether (sulfide) groups is 1. The van der Waals surface area contributed by atoms with Crippen LogP contribution in [0.25, 0.3) is 21.9 Å². The third kappa shape index (κ3) is 4.28. The molecule has 0 bridgehead atoms. The number of hydrogen-bond acceptors (Lipinski definition) is 8. The Labute approximate surface area is 228 Å². The SMILES string of the molecule is O=C([O-])[C@@H]1CSc2c(-c3ccc4c(c3)OCO4)c(COc3cccc4ccccc34)c(CO)c(=O)n21.[Li+]. The van der Waals surface area contributed by atoms with E-state index >= 15 is 0 Å². The van der Waals surface area contributed by atoms with Crippen LogP contribution in [0.5, 0.6) is 17.2 Å². The number of aliphatic hydroxyl groups excluding tert-OH is 1. The van der Waals surface area contributed by atoms with Gasteiger partial charge in [-0.2, -0.15) is 0 Å². The summed E-state index contributed by atoms with van der Waals surface area (Å²) < 4.78 is 18.4. The summed E-state index contributed by atoms with van der Waals surface area (Å²) in [6.07, 6.45) is 0. The van der Waals surface area contributed by atoms with Crippen molar-refractivity contribution < 1.29 is 48.1 Å². The van der Waals surface area contributed by atoms with Gasteiger partial charge < -0.3 is 29.2 Å².